The first kappa shape index (κ1) is 19.9. The van der Waals surface area contributed by atoms with Crippen LogP contribution in [0.3, 0.4) is 0 Å². The Hall–Kier alpha value is -0.440. The number of ether oxygens (including phenoxy) is 3. The van der Waals surface area contributed by atoms with Crippen molar-refractivity contribution in [2.75, 3.05) is 13.2 Å². The van der Waals surface area contributed by atoms with Crippen LogP contribution in [0.25, 0.3) is 0 Å². The maximum absolute atomic E-state index is 10.1. The fourth-order valence-electron chi connectivity index (χ4n) is 2.79. The second-order valence-corrected chi connectivity index (χ2v) is 6.10. The van der Waals surface area contributed by atoms with Gasteiger partial charge in [0.25, 0.3) is 0 Å². The van der Waals surface area contributed by atoms with Crippen molar-refractivity contribution >= 4 is 0 Å². The van der Waals surface area contributed by atoms with Crippen molar-refractivity contribution in [1.29, 1.82) is 0 Å². The molecule has 2 saturated heterocycles. The molecule has 0 aromatic carbocycles. The molecule has 2 heterocycles. The largest absolute Gasteiger partial charge is 0.394 e. The highest BCUT2D eigenvalue weighted by molar-refractivity contribution is 4.96. The van der Waals surface area contributed by atoms with Crippen LogP contribution in [0, 0.1) is 0 Å². The Balaban J connectivity index is 2.18. The van der Waals surface area contributed by atoms with Crippen LogP contribution in [0.1, 0.15) is 6.92 Å². The second kappa shape index (κ2) is 7.43. The van der Waals surface area contributed by atoms with Gasteiger partial charge in [-0.25, -0.2) is 0 Å². The maximum atomic E-state index is 10.1. The lowest BCUT2D eigenvalue weighted by atomic mass is 9.93. The van der Waals surface area contributed by atoms with Crippen LogP contribution in [0.5, 0.6) is 0 Å². The van der Waals surface area contributed by atoms with E-state index >= 15 is 0 Å². The van der Waals surface area contributed by atoms with Gasteiger partial charge >= 0.3 is 0 Å². The van der Waals surface area contributed by atoms with Gasteiger partial charge in [-0.2, -0.15) is 0 Å². The molecule has 0 aliphatic carbocycles. The predicted molar refractivity (Wildman–Crippen MR) is 73.2 cm³/mol. The third-order valence-electron chi connectivity index (χ3n) is 4.36. The number of aliphatic hydroxyl groups excluding tert-OH is 8. The van der Waals surface area contributed by atoms with Crippen LogP contribution >= 0.6 is 0 Å². The van der Waals surface area contributed by atoms with Crippen LogP contribution in [-0.2, 0) is 14.2 Å². The van der Waals surface area contributed by atoms with Gasteiger partial charge in [0, 0.05) is 0 Å². The van der Waals surface area contributed by atoms with Crippen LogP contribution in [0.15, 0.2) is 0 Å². The summed E-state index contributed by atoms with van der Waals surface area (Å²) in [7, 11) is 0. The molecule has 2 aliphatic rings. The summed E-state index contributed by atoms with van der Waals surface area (Å²) in [4.78, 5) is 0. The highest BCUT2D eigenvalue weighted by atomic mass is 16.8. The van der Waals surface area contributed by atoms with Gasteiger partial charge in [0.2, 0.25) is 0 Å². The summed E-state index contributed by atoms with van der Waals surface area (Å²) in [6.45, 7) is -0.180. The van der Waals surface area contributed by atoms with E-state index in [1.165, 1.54) is 6.92 Å². The Morgan fingerprint density at radius 2 is 1.33 bits per heavy atom. The lowest BCUT2D eigenvalue weighted by molar-refractivity contribution is -0.416. The molecular weight excluding hydrogens is 332 g/mol. The van der Waals surface area contributed by atoms with Gasteiger partial charge in [-0.05, 0) is 6.92 Å². The van der Waals surface area contributed by atoms with Crippen molar-refractivity contribution in [3.8, 4) is 0 Å². The van der Waals surface area contributed by atoms with Crippen LogP contribution in [-0.4, -0.2) is 115 Å². The smallest absolute Gasteiger partial charge is 0.197 e. The standard InChI is InChI=1S/C13H24O11/c1-13(11(21)9(19)7(17)5(3-15)23-13)24-12-10(20)8(18)6(16)4(2-14)22-12/h4-12,14-21H,2-3H2,1H3/t4-,5-,6-,7+,8+,9+,10-,11-,12+,13-/m1/s1. The first-order valence-electron chi connectivity index (χ1n) is 7.47. The molecule has 24 heavy (non-hydrogen) atoms. The first-order valence-corrected chi connectivity index (χ1v) is 7.47. The molecule has 142 valence electrons. The molecule has 11 heteroatoms. The van der Waals surface area contributed by atoms with Gasteiger partial charge in [-0.3, -0.25) is 0 Å². The zero-order chi connectivity index (χ0) is 18.2. The molecule has 0 amide bonds. The zero-order valence-corrected chi connectivity index (χ0v) is 12.9. The summed E-state index contributed by atoms with van der Waals surface area (Å²) >= 11 is 0. The summed E-state index contributed by atoms with van der Waals surface area (Å²) in [6.07, 6.45) is -14.2. The molecule has 2 rings (SSSR count). The summed E-state index contributed by atoms with van der Waals surface area (Å²) in [5, 5.41) is 77.4. The quantitative estimate of drug-likeness (QED) is 0.241. The topological polar surface area (TPSA) is 190 Å². The van der Waals surface area contributed by atoms with E-state index in [1.54, 1.807) is 0 Å². The van der Waals surface area contributed by atoms with Crippen LogP contribution in [0.2, 0.25) is 0 Å². The van der Waals surface area contributed by atoms with E-state index in [2.05, 4.69) is 0 Å². The predicted octanol–water partition coefficient (Wildman–Crippen LogP) is -5.01. The van der Waals surface area contributed by atoms with E-state index in [-0.39, 0.29) is 0 Å². The second-order valence-electron chi connectivity index (χ2n) is 6.10. The van der Waals surface area contributed by atoms with Crippen molar-refractivity contribution in [3.63, 3.8) is 0 Å². The molecule has 2 aliphatic heterocycles. The summed E-state index contributed by atoms with van der Waals surface area (Å²) in [5.74, 6) is -2.01. The molecule has 0 aromatic rings. The minimum absolute atomic E-state index is 0.675. The third-order valence-corrected chi connectivity index (χ3v) is 4.36. The SMILES string of the molecule is C[C@]1(O[C@@H]2O[C@H](CO)[C@@H](O)[C@H](O)[C@H]2O)O[C@H](CO)[C@H](O)[C@H](O)[C@H]1O. The van der Waals surface area contributed by atoms with E-state index in [1.807, 2.05) is 0 Å². The minimum Gasteiger partial charge on any atom is -0.394 e. The molecule has 10 atom stereocenters. The molecule has 2 fully saturated rings. The molecule has 11 nitrogen and oxygen atoms in total. The van der Waals surface area contributed by atoms with E-state index in [0.717, 1.165) is 0 Å². The van der Waals surface area contributed by atoms with Gasteiger partial charge in [0.05, 0.1) is 13.2 Å². The van der Waals surface area contributed by atoms with Crippen molar-refractivity contribution in [3.05, 3.63) is 0 Å². The molecule has 0 bridgehead atoms. The normalized spacial score (nSPS) is 53.1. The van der Waals surface area contributed by atoms with Gasteiger partial charge < -0.3 is 55.1 Å². The van der Waals surface area contributed by atoms with Gasteiger partial charge in [0.15, 0.2) is 12.1 Å². The van der Waals surface area contributed by atoms with Gasteiger partial charge in [-0.15, -0.1) is 0 Å². The number of hydrogen-bond acceptors (Lipinski definition) is 11. The molecule has 0 saturated carbocycles. The highest BCUT2D eigenvalue weighted by Gasteiger charge is 2.55. The fraction of sp³-hybridized carbons (Fsp3) is 1.00. The van der Waals surface area contributed by atoms with E-state index < -0.39 is 74.1 Å². The van der Waals surface area contributed by atoms with Crippen molar-refractivity contribution in [2.45, 2.75) is 67.8 Å². The average molecular weight is 356 g/mol. The monoisotopic (exact) mass is 356 g/mol. The molecule has 0 unspecified atom stereocenters. The number of aliphatic hydroxyl groups is 8. The van der Waals surface area contributed by atoms with Gasteiger partial charge in [-0.1, -0.05) is 0 Å². The molecule has 0 radical (unpaired) electrons. The van der Waals surface area contributed by atoms with E-state index in [9.17, 15) is 35.7 Å². The van der Waals surface area contributed by atoms with Crippen molar-refractivity contribution in [2.24, 2.45) is 0 Å². The summed E-state index contributed by atoms with van der Waals surface area (Å²) < 4.78 is 15.8. The molecule has 0 aromatic heterocycles. The van der Waals surface area contributed by atoms with Crippen LogP contribution < -0.4 is 0 Å². The number of hydrogen-bond donors (Lipinski definition) is 8. The molecule has 8 N–H and O–H groups in total. The van der Waals surface area contributed by atoms with Crippen molar-refractivity contribution in [1.82, 2.24) is 0 Å². The summed E-state index contributed by atoms with van der Waals surface area (Å²) in [5.41, 5.74) is 0. The molecular formula is C13H24O11. The van der Waals surface area contributed by atoms with Crippen molar-refractivity contribution < 1.29 is 55.1 Å². The molecule has 0 spiro atoms. The lowest BCUT2D eigenvalue weighted by Crippen LogP contribution is -2.68. The Labute approximate surface area is 137 Å². The van der Waals surface area contributed by atoms with Gasteiger partial charge in [0.1, 0.15) is 48.8 Å². The Bertz CT molecular complexity index is 419. The first-order chi connectivity index (χ1) is 11.2. The van der Waals surface area contributed by atoms with E-state index in [0.29, 0.717) is 0 Å². The van der Waals surface area contributed by atoms with Crippen LogP contribution in [0.4, 0.5) is 0 Å². The number of rotatable bonds is 4. The maximum Gasteiger partial charge on any atom is 0.197 e. The minimum atomic E-state index is -2.01. The lowest BCUT2D eigenvalue weighted by Gasteiger charge is -2.49. The third kappa shape index (κ3) is 3.43. The average Bonchev–Trinajstić information content (AvgIpc) is 2.57. The highest BCUT2D eigenvalue weighted by Crippen LogP contribution is 2.34. The fourth-order valence-corrected chi connectivity index (χ4v) is 2.79. The Morgan fingerprint density at radius 3 is 1.88 bits per heavy atom. The summed E-state index contributed by atoms with van der Waals surface area (Å²) in [6, 6.07) is 0. The Morgan fingerprint density at radius 1 is 0.792 bits per heavy atom. The Kier molecular flexibility index (Phi) is 6.16. The zero-order valence-electron chi connectivity index (χ0n) is 12.9. The van der Waals surface area contributed by atoms with E-state index in [4.69, 9.17) is 19.3 Å².